The first-order chi connectivity index (χ1) is 19.8. The van der Waals surface area contributed by atoms with E-state index in [2.05, 4.69) is 79.3 Å². The highest BCUT2D eigenvalue weighted by Gasteiger charge is 2.28. The van der Waals surface area contributed by atoms with Crippen LogP contribution in [0.3, 0.4) is 0 Å². The van der Waals surface area contributed by atoms with Gasteiger partial charge in [0.25, 0.3) is 0 Å². The zero-order valence-electron chi connectivity index (χ0n) is 25.4. The van der Waals surface area contributed by atoms with Crippen molar-refractivity contribution in [3.63, 3.8) is 0 Å². The summed E-state index contributed by atoms with van der Waals surface area (Å²) in [6, 6.07) is 16.9. The van der Waals surface area contributed by atoms with Gasteiger partial charge in [0.2, 0.25) is 15.9 Å². The van der Waals surface area contributed by atoms with Crippen molar-refractivity contribution in [3.05, 3.63) is 65.5 Å². The standard InChI is InChI=1S/C33H40BrN3O4S/c1-8-23(40-29-16-12-22(32(4,5)9-2)18-26(29)33(6,7)10-3)20-36-42(38,39)24-13-14-25-21(17-24)11-15-28-30(25)41-31(37-28)27(34)19-35/h11-18,23,27,36H,8-10,20H2,1-7H3. The smallest absolute Gasteiger partial charge is 0.240 e. The number of aromatic nitrogens is 1. The zero-order chi connectivity index (χ0) is 30.9. The summed E-state index contributed by atoms with van der Waals surface area (Å²) in [7, 11) is -3.81. The molecule has 0 aliphatic rings. The lowest BCUT2D eigenvalue weighted by molar-refractivity contribution is 0.195. The van der Waals surface area contributed by atoms with Crippen molar-refractivity contribution in [2.24, 2.45) is 0 Å². The minimum absolute atomic E-state index is 0.0469. The van der Waals surface area contributed by atoms with E-state index in [1.54, 1.807) is 30.3 Å². The molecule has 0 fully saturated rings. The van der Waals surface area contributed by atoms with E-state index in [0.29, 0.717) is 22.9 Å². The summed E-state index contributed by atoms with van der Waals surface area (Å²) >= 11 is 3.24. The maximum Gasteiger partial charge on any atom is 0.240 e. The van der Waals surface area contributed by atoms with E-state index in [1.165, 1.54) is 5.56 Å². The third-order valence-electron chi connectivity index (χ3n) is 8.51. The van der Waals surface area contributed by atoms with Gasteiger partial charge in [-0.05, 0) is 71.4 Å². The monoisotopic (exact) mass is 653 g/mol. The van der Waals surface area contributed by atoms with Crippen LogP contribution in [0.4, 0.5) is 0 Å². The minimum Gasteiger partial charge on any atom is -0.489 e. The molecule has 0 aliphatic carbocycles. The first-order valence-electron chi connectivity index (χ1n) is 14.4. The number of hydrogen-bond donors (Lipinski definition) is 1. The molecule has 0 amide bonds. The van der Waals surface area contributed by atoms with Gasteiger partial charge < -0.3 is 9.15 Å². The molecule has 2 unspecified atom stereocenters. The Morgan fingerprint density at radius 2 is 1.74 bits per heavy atom. The summed E-state index contributed by atoms with van der Waals surface area (Å²) in [5.41, 5.74) is 3.48. The van der Waals surface area contributed by atoms with Crippen molar-refractivity contribution in [3.8, 4) is 11.8 Å². The number of ether oxygens (including phenoxy) is 1. The molecule has 4 rings (SSSR count). The van der Waals surface area contributed by atoms with Crippen LogP contribution in [-0.2, 0) is 20.9 Å². The lowest BCUT2D eigenvalue weighted by Crippen LogP contribution is -2.35. The molecule has 0 saturated carbocycles. The SMILES string of the molecule is CCC(CNS(=O)(=O)c1ccc2c(ccc3nc(C(Br)C#N)oc32)c1)Oc1ccc(C(C)(C)CC)cc1C(C)(C)CC. The summed E-state index contributed by atoms with van der Waals surface area (Å²) in [5.74, 6) is 1.06. The molecule has 0 spiro atoms. The maximum absolute atomic E-state index is 13.4. The lowest BCUT2D eigenvalue weighted by atomic mass is 9.76. The van der Waals surface area contributed by atoms with Crippen molar-refractivity contribution in [2.75, 3.05) is 6.54 Å². The van der Waals surface area contributed by atoms with E-state index in [1.807, 2.05) is 19.1 Å². The number of benzene rings is 3. The number of nitriles is 1. The number of sulfonamides is 1. The lowest BCUT2D eigenvalue weighted by Gasteiger charge is -2.31. The Morgan fingerprint density at radius 3 is 2.38 bits per heavy atom. The van der Waals surface area contributed by atoms with Gasteiger partial charge in [-0.2, -0.15) is 5.26 Å². The average molecular weight is 655 g/mol. The van der Waals surface area contributed by atoms with Crippen LogP contribution in [0.25, 0.3) is 21.9 Å². The predicted molar refractivity (Wildman–Crippen MR) is 172 cm³/mol. The van der Waals surface area contributed by atoms with Crippen molar-refractivity contribution >= 4 is 47.8 Å². The van der Waals surface area contributed by atoms with Gasteiger partial charge in [-0.1, -0.05) is 82.6 Å². The molecule has 4 aromatic rings. The Balaban J connectivity index is 1.57. The summed E-state index contributed by atoms with van der Waals surface area (Å²) in [4.78, 5) is 3.85. The van der Waals surface area contributed by atoms with E-state index in [9.17, 15) is 13.7 Å². The molecular weight excluding hydrogens is 614 g/mol. The Hall–Kier alpha value is -2.93. The summed E-state index contributed by atoms with van der Waals surface area (Å²) in [5, 5.41) is 10.6. The van der Waals surface area contributed by atoms with Gasteiger partial charge in [-0.3, -0.25) is 0 Å². The Labute approximate surface area is 257 Å². The number of alkyl halides is 1. The Bertz CT molecular complexity index is 1740. The highest BCUT2D eigenvalue weighted by molar-refractivity contribution is 9.09. The largest absolute Gasteiger partial charge is 0.489 e. The second-order valence-electron chi connectivity index (χ2n) is 12.0. The predicted octanol–water partition coefficient (Wildman–Crippen LogP) is 8.45. The molecule has 0 saturated heterocycles. The number of hydrogen-bond acceptors (Lipinski definition) is 6. The maximum atomic E-state index is 13.4. The van der Waals surface area contributed by atoms with E-state index in [-0.39, 0.29) is 34.3 Å². The van der Waals surface area contributed by atoms with E-state index < -0.39 is 14.9 Å². The summed E-state index contributed by atoms with van der Waals surface area (Å²) in [6.07, 6.45) is 2.26. The van der Waals surface area contributed by atoms with Gasteiger partial charge in [-0.25, -0.2) is 18.1 Å². The molecule has 0 radical (unpaired) electrons. The molecule has 224 valence electrons. The molecule has 7 nitrogen and oxygen atoms in total. The third-order valence-corrected chi connectivity index (χ3v) is 10.5. The van der Waals surface area contributed by atoms with Crippen LogP contribution in [0.5, 0.6) is 5.75 Å². The molecule has 2 atom stereocenters. The fourth-order valence-electron chi connectivity index (χ4n) is 4.75. The topological polar surface area (TPSA) is 105 Å². The Morgan fingerprint density at radius 1 is 1.02 bits per heavy atom. The van der Waals surface area contributed by atoms with Crippen molar-refractivity contribution in [1.82, 2.24) is 9.71 Å². The van der Waals surface area contributed by atoms with Gasteiger partial charge in [0, 0.05) is 17.5 Å². The van der Waals surface area contributed by atoms with Crippen LogP contribution >= 0.6 is 15.9 Å². The quantitative estimate of drug-likeness (QED) is 0.154. The molecule has 1 heterocycles. The summed E-state index contributed by atoms with van der Waals surface area (Å²) < 4.78 is 41.8. The second kappa shape index (κ2) is 12.4. The van der Waals surface area contributed by atoms with Crippen LogP contribution in [0.2, 0.25) is 0 Å². The van der Waals surface area contributed by atoms with Crippen LogP contribution in [0.1, 0.15) is 89.6 Å². The highest BCUT2D eigenvalue weighted by atomic mass is 79.9. The number of nitrogens with one attached hydrogen (secondary N) is 1. The molecule has 1 aromatic heterocycles. The number of fused-ring (bicyclic) bond motifs is 3. The molecule has 0 aliphatic heterocycles. The number of oxazole rings is 1. The molecule has 9 heteroatoms. The van der Waals surface area contributed by atoms with Crippen LogP contribution in [-0.4, -0.2) is 26.1 Å². The molecular formula is C33H40BrN3O4S. The van der Waals surface area contributed by atoms with E-state index in [0.717, 1.165) is 29.5 Å². The fourth-order valence-corrected chi connectivity index (χ4v) is 6.05. The van der Waals surface area contributed by atoms with Crippen LogP contribution in [0, 0.1) is 11.3 Å². The first kappa shape index (κ1) is 32.0. The van der Waals surface area contributed by atoms with Crippen molar-refractivity contribution in [2.45, 2.75) is 94.4 Å². The molecule has 0 bridgehead atoms. The van der Waals surface area contributed by atoms with Gasteiger partial charge in [-0.15, -0.1) is 0 Å². The molecule has 1 N–H and O–H groups in total. The average Bonchev–Trinajstić information content (AvgIpc) is 3.43. The normalized spacial score (nSPS) is 14.2. The van der Waals surface area contributed by atoms with Crippen molar-refractivity contribution in [1.29, 1.82) is 5.26 Å². The van der Waals surface area contributed by atoms with Gasteiger partial charge in [0.15, 0.2) is 10.4 Å². The van der Waals surface area contributed by atoms with E-state index in [4.69, 9.17) is 9.15 Å². The third kappa shape index (κ3) is 6.51. The van der Waals surface area contributed by atoms with Gasteiger partial charge >= 0.3 is 0 Å². The fraction of sp³-hybridized carbons (Fsp3) is 0.455. The zero-order valence-corrected chi connectivity index (χ0v) is 27.8. The highest BCUT2D eigenvalue weighted by Crippen LogP contribution is 2.39. The first-order valence-corrected chi connectivity index (χ1v) is 16.8. The second-order valence-corrected chi connectivity index (χ2v) is 14.7. The van der Waals surface area contributed by atoms with Gasteiger partial charge in [0.1, 0.15) is 17.4 Å². The number of nitrogens with zero attached hydrogens (tertiary/aromatic N) is 2. The van der Waals surface area contributed by atoms with Gasteiger partial charge in [0.05, 0.1) is 11.0 Å². The van der Waals surface area contributed by atoms with Crippen LogP contribution in [0.15, 0.2) is 57.8 Å². The summed E-state index contributed by atoms with van der Waals surface area (Å²) in [6.45, 7) is 15.4. The Kier molecular flexibility index (Phi) is 9.41. The van der Waals surface area contributed by atoms with E-state index >= 15 is 0 Å². The molecule has 3 aromatic carbocycles. The number of rotatable bonds is 12. The minimum atomic E-state index is -3.81. The number of halogens is 1. The molecule has 42 heavy (non-hydrogen) atoms. The van der Waals surface area contributed by atoms with Crippen LogP contribution < -0.4 is 9.46 Å². The van der Waals surface area contributed by atoms with Crippen molar-refractivity contribution < 1.29 is 17.6 Å².